The summed E-state index contributed by atoms with van der Waals surface area (Å²) in [4.78, 5) is 22.0. The second-order valence-electron chi connectivity index (χ2n) is 3.55. The molecule has 0 saturated carbocycles. The Morgan fingerprint density at radius 1 is 1.06 bits per heavy atom. The zero-order valence-electron chi connectivity index (χ0n) is 9.27. The van der Waals surface area contributed by atoms with E-state index in [1.54, 1.807) is 12.1 Å². The summed E-state index contributed by atoms with van der Waals surface area (Å²) in [7, 11) is 0. The van der Waals surface area contributed by atoms with Crippen LogP contribution in [0.1, 0.15) is 6.92 Å². The van der Waals surface area contributed by atoms with Crippen LogP contribution in [-0.4, -0.2) is 12.0 Å². The molecule has 2 rings (SSSR count). The minimum absolute atomic E-state index is 0.432. The van der Waals surface area contributed by atoms with Crippen LogP contribution in [0.5, 0.6) is 5.75 Å². The number of rotatable bonds is 1. The number of imide groups is 1. The molecule has 0 heterocycles. The van der Waals surface area contributed by atoms with Crippen LogP contribution in [0.15, 0.2) is 42.5 Å². The Kier molecular flexibility index (Phi) is 3.05. The zero-order valence-corrected chi connectivity index (χ0v) is 9.27. The molecule has 4 nitrogen and oxygen atoms in total. The first-order valence-corrected chi connectivity index (χ1v) is 5.14. The summed E-state index contributed by atoms with van der Waals surface area (Å²) in [6.45, 7) is 1.25. The Morgan fingerprint density at radius 3 is 2.53 bits per heavy atom. The minimum Gasteiger partial charge on any atom is -0.409 e. The van der Waals surface area contributed by atoms with Crippen molar-refractivity contribution in [3.8, 4) is 5.75 Å². The third-order valence-corrected chi connectivity index (χ3v) is 2.23. The van der Waals surface area contributed by atoms with E-state index in [2.05, 4.69) is 5.32 Å². The molecular weight excluding hydrogens is 218 g/mol. The van der Waals surface area contributed by atoms with Gasteiger partial charge in [0.05, 0.1) is 0 Å². The number of hydrogen-bond donors (Lipinski definition) is 1. The van der Waals surface area contributed by atoms with Crippen molar-refractivity contribution in [2.75, 3.05) is 0 Å². The highest BCUT2D eigenvalue weighted by atomic mass is 16.6. The normalized spacial score (nSPS) is 9.94. The van der Waals surface area contributed by atoms with Crippen molar-refractivity contribution < 1.29 is 14.3 Å². The molecule has 2 aromatic rings. The van der Waals surface area contributed by atoms with Crippen molar-refractivity contribution in [2.45, 2.75) is 6.92 Å². The predicted octanol–water partition coefficient (Wildman–Crippen LogP) is 2.47. The van der Waals surface area contributed by atoms with Gasteiger partial charge < -0.3 is 4.74 Å². The maximum absolute atomic E-state index is 11.3. The quantitative estimate of drug-likeness (QED) is 0.817. The molecule has 0 fully saturated rings. The number of nitrogens with one attached hydrogen (secondary N) is 1. The first-order chi connectivity index (χ1) is 8.16. The van der Waals surface area contributed by atoms with Crippen molar-refractivity contribution in [2.24, 2.45) is 0 Å². The molecule has 0 aliphatic heterocycles. The lowest BCUT2D eigenvalue weighted by atomic mass is 10.1. The maximum Gasteiger partial charge on any atom is 0.419 e. The molecule has 0 saturated heterocycles. The third kappa shape index (κ3) is 2.60. The Morgan fingerprint density at radius 2 is 1.76 bits per heavy atom. The second kappa shape index (κ2) is 4.65. The molecule has 0 unspecified atom stereocenters. The van der Waals surface area contributed by atoms with Gasteiger partial charge in [-0.3, -0.25) is 10.1 Å². The average Bonchev–Trinajstić information content (AvgIpc) is 2.28. The fourth-order valence-corrected chi connectivity index (χ4v) is 1.55. The molecule has 0 aromatic heterocycles. The summed E-state index contributed by atoms with van der Waals surface area (Å²) in [5.74, 6) is -0.0166. The Hall–Kier alpha value is -2.36. The molecule has 0 aliphatic carbocycles. The van der Waals surface area contributed by atoms with E-state index in [9.17, 15) is 9.59 Å². The lowest BCUT2D eigenvalue weighted by molar-refractivity contribution is -0.118. The standard InChI is InChI=1S/C13H11NO3/c1-9(15)14-13(16)17-12-8-4-6-10-5-2-3-7-11(10)12/h2-8H,1H3,(H,14,15,16). The largest absolute Gasteiger partial charge is 0.419 e. The number of fused-ring (bicyclic) bond motifs is 1. The Balaban J connectivity index is 2.30. The number of ether oxygens (including phenoxy) is 1. The number of amides is 2. The molecule has 17 heavy (non-hydrogen) atoms. The van der Waals surface area contributed by atoms with Gasteiger partial charge in [0.25, 0.3) is 0 Å². The van der Waals surface area contributed by atoms with Gasteiger partial charge in [0, 0.05) is 12.3 Å². The van der Waals surface area contributed by atoms with Crippen molar-refractivity contribution in [3.63, 3.8) is 0 Å². The predicted molar refractivity (Wildman–Crippen MR) is 63.8 cm³/mol. The van der Waals surface area contributed by atoms with E-state index >= 15 is 0 Å². The minimum atomic E-state index is -0.770. The van der Waals surface area contributed by atoms with Crippen LogP contribution < -0.4 is 10.1 Å². The van der Waals surface area contributed by atoms with Gasteiger partial charge in [0.1, 0.15) is 5.75 Å². The van der Waals surface area contributed by atoms with Crippen LogP contribution >= 0.6 is 0 Å². The molecule has 0 bridgehead atoms. The van der Waals surface area contributed by atoms with Crippen LogP contribution in [0, 0.1) is 0 Å². The third-order valence-electron chi connectivity index (χ3n) is 2.23. The molecular formula is C13H11NO3. The number of benzene rings is 2. The van der Waals surface area contributed by atoms with E-state index in [-0.39, 0.29) is 0 Å². The van der Waals surface area contributed by atoms with Crippen molar-refractivity contribution in [1.82, 2.24) is 5.32 Å². The highest BCUT2D eigenvalue weighted by Gasteiger charge is 2.08. The van der Waals surface area contributed by atoms with Gasteiger partial charge in [-0.2, -0.15) is 0 Å². The van der Waals surface area contributed by atoms with Crippen LogP contribution in [0.3, 0.4) is 0 Å². The maximum atomic E-state index is 11.3. The van der Waals surface area contributed by atoms with Crippen LogP contribution in [-0.2, 0) is 4.79 Å². The first kappa shape index (κ1) is 11.1. The Labute approximate surface area is 98.2 Å². The van der Waals surface area contributed by atoms with Crippen LogP contribution in [0.4, 0.5) is 4.79 Å². The fourth-order valence-electron chi connectivity index (χ4n) is 1.55. The molecule has 2 amide bonds. The molecule has 0 spiro atoms. The molecule has 4 heteroatoms. The van der Waals surface area contributed by atoms with Gasteiger partial charge in [-0.15, -0.1) is 0 Å². The first-order valence-electron chi connectivity index (χ1n) is 5.14. The lowest BCUT2D eigenvalue weighted by Gasteiger charge is -2.07. The SMILES string of the molecule is CC(=O)NC(=O)Oc1cccc2ccccc12. The molecule has 0 aliphatic rings. The topological polar surface area (TPSA) is 55.4 Å². The highest BCUT2D eigenvalue weighted by Crippen LogP contribution is 2.24. The molecule has 86 valence electrons. The number of carbonyl (C=O) groups is 2. The second-order valence-corrected chi connectivity index (χ2v) is 3.55. The fraction of sp³-hybridized carbons (Fsp3) is 0.0769. The number of carbonyl (C=O) groups excluding carboxylic acids is 2. The number of hydrogen-bond acceptors (Lipinski definition) is 3. The van der Waals surface area contributed by atoms with Gasteiger partial charge in [0.15, 0.2) is 0 Å². The van der Waals surface area contributed by atoms with E-state index in [0.29, 0.717) is 5.75 Å². The van der Waals surface area contributed by atoms with Gasteiger partial charge in [-0.1, -0.05) is 36.4 Å². The van der Waals surface area contributed by atoms with Crippen LogP contribution in [0.25, 0.3) is 10.8 Å². The van der Waals surface area contributed by atoms with E-state index in [1.807, 2.05) is 30.3 Å². The smallest absolute Gasteiger partial charge is 0.409 e. The summed E-state index contributed by atoms with van der Waals surface area (Å²) in [6, 6.07) is 12.9. The Bertz CT molecular complexity index is 572. The van der Waals surface area contributed by atoms with E-state index in [4.69, 9.17) is 4.74 Å². The van der Waals surface area contributed by atoms with Crippen LogP contribution in [0.2, 0.25) is 0 Å². The summed E-state index contributed by atoms with van der Waals surface area (Å²) < 4.78 is 5.07. The zero-order chi connectivity index (χ0) is 12.3. The molecule has 2 aromatic carbocycles. The van der Waals surface area contributed by atoms with E-state index < -0.39 is 12.0 Å². The highest BCUT2D eigenvalue weighted by molar-refractivity contribution is 5.94. The molecule has 1 N–H and O–H groups in total. The summed E-state index contributed by atoms with van der Waals surface area (Å²) in [5.41, 5.74) is 0. The average molecular weight is 229 g/mol. The summed E-state index contributed by atoms with van der Waals surface area (Å²) >= 11 is 0. The van der Waals surface area contributed by atoms with Crippen molar-refractivity contribution >= 4 is 22.8 Å². The summed E-state index contributed by atoms with van der Waals surface area (Å²) in [5, 5.41) is 3.86. The molecule has 0 radical (unpaired) electrons. The monoisotopic (exact) mass is 229 g/mol. The lowest BCUT2D eigenvalue weighted by Crippen LogP contribution is -2.30. The van der Waals surface area contributed by atoms with Crippen molar-refractivity contribution in [1.29, 1.82) is 0 Å². The van der Waals surface area contributed by atoms with E-state index in [1.165, 1.54) is 6.92 Å². The summed E-state index contributed by atoms with van der Waals surface area (Å²) in [6.07, 6.45) is -0.770. The van der Waals surface area contributed by atoms with Gasteiger partial charge in [0.2, 0.25) is 5.91 Å². The van der Waals surface area contributed by atoms with Gasteiger partial charge in [-0.25, -0.2) is 4.79 Å². The van der Waals surface area contributed by atoms with Gasteiger partial charge >= 0.3 is 6.09 Å². The van der Waals surface area contributed by atoms with Crippen molar-refractivity contribution in [3.05, 3.63) is 42.5 Å². The molecule has 0 atom stereocenters. The van der Waals surface area contributed by atoms with Gasteiger partial charge in [-0.05, 0) is 11.5 Å². The van der Waals surface area contributed by atoms with E-state index in [0.717, 1.165) is 10.8 Å².